The second-order valence-corrected chi connectivity index (χ2v) is 7.06. The lowest BCUT2D eigenvalue weighted by molar-refractivity contribution is -0.828. The molecule has 0 fully saturated rings. The van der Waals surface area contributed by atoms with Gasteiger partial charge >= 0.3 is 0 Å². The van der Waals surface area contributed by atoms with E-state index in [1.807, 2.05) is 11.8 Å². The monoisotopic (exact) mass is 308 g/mol. The molecular weight excluding hydrogens is 284 g/mol. The van der Waals surface area contributed by atoms with E-state index in [9.17, 15) is 0 Å². The molecule has 0 aliphatic rings. The molecule has 0 saturated heterocycles. The van der Waals surface area contributed by atoms with Crippen molar-refractivity contribution in [3.8, 4) is 0 Å². The number of benzene rings is 1. The van der Waals surface area contributed by atoms with Crippen molar-refractivity contribution in [1.82, 2.24) is 0 Å². The van der Waals surface area contributed by atoms with E-state index >= 15 is 0 Å². The number of aryl methyl sites for hydroxylation is 1. The van der Waals surface area contributed by atoms with Crippen molar-refractivity contribution in [2.75, 3.05) is 13.3 Å². The third-order valence-corrected chi connectivity index (χ3v) is 5.87. The third kappa shape index (κ3) is 2.79. The van der Waals surface area contributed by atoms with Gasteiger partial charge in [0.05, 0.1) is 7.05 Å². The van der Waals surface area contributed by atoms with Crippen molar-refractivity contribution in [2.45, 2.75) is 26.1 Å². The molecule has 2 atom stereocenters. The van der Waals surface area contributed by atoms with Gasteiger partial charge in [-0.3, -0.25) is 4.90 Å². The first-order valence-corrected chi connectivity index (χ1v) is 9.02. The van der Waals surface area contributed by atoms with Crippen molar-refractivity contribution in [2.24, 2.45) is 0 Å². The van der Waals surface area contributed by atoms with Gasteiger partial charge in [-0.1, -0.05) is 11.8 Å². The molecule has 1 heterocycles. The normalized spacial score (nSPS) is 14.3. The summed E-state index contributed by atoms with van der Waals surface area (Å²) in [5.74, 6) is 0. The Labute approximate surface area is 130 Å². The van der Waals surface area contributed by atoms with Gasteiger partial charge in [0.25, 0.3) is 0 Å². The van der Waals surface area contributed by atoms with E-state index in [4.69, 9.17) is 0 Å². The van der Waals surface area contributed by atoms with Crippen LogP contribution in [0.4, 0.5) is 11.4 Å². The number of rotatable bonds is 4. The van der Waals surface area contributed by atoms with Gasteiger partial charge in [0, 0.05) is 33.7 Å². The quantitative estimate of drug-likeness (QED) is 0.836. The Bertz CT molecular complexity index is 591. The number of thioether (sulfide) groups is 1. The van der Waals surface area contributed by atoms with Crippen molar-refractivity contribution >= 4 is 34.5 Å². The highest BCUT2D eigenvalue weighted by Crippen LogP contribution is 2.29. The van der Waals surface area contributed by atoms with Crippen LogP contribution in [0.1, 0.15) is 27.6 Å². The lowest BCUT2D eigenvalue weighted by Gasteiger charge is -2.26. The summed E-state index contributed by atoms with van der Waals surface area (Å²) in [6, 6.07) is 4.45. The number of nitrogens with one attached hydrogen (secondary N) is 1. The summed E-state index contributed by atoms with van der Waals surface area (Å²) in [5, 5.41) is 4.86. The predicted octanol–water partition coefficient (Wildman–Crippen LogP) is 2.75. The van der Waals surface area contributed by atoms with Crippen LogP contribution in [-0.4, -0.2) is 13.3 Å². The molecule has 0 radical (unpaired) electrons. The fraction of sp³-hybridized carbons (Fsp3) is 0.375. The van der Waals surface area contributed by atoms with Crippen LogP contribution in [-0.2, 0) is 0 Å². The van der Waals surface area contributed by atoms with Crippen molar-refractivity contribution in [1.29, 1.82) is 0 Å². The largest absolute Gasteiger partial charge is 0.325 e. The smallest absolute Gasteiger partial charge is 0.165 e. The first kappa shape index (κ1) is 15.6. The van der Waals surface area contributed by atoms with Crippen LogP contribution in [0, 0.1) is 20.8 Å². The SMILES string of the molecule is CSC(c1ccsc1)[NH+](C)c1c(C)cc([NH3+])c(C)c1C. The van der Waals surface area contributed by atoms with Gasteiger partial charge in [-0.2, -0.15) is 11.3 Å². The maximum atomic E-state index is 4.14. The van der Waals surface area contributed by atoms with Gasteiger partial charge in [0.2, 0.25) is 0 Å². The van der Waals surface area contributed by atoms with Gasteiger partial charge in [-0.15, -0.1) is 0 Å². The lowest BCUT2D eigenvalue weighted by atomic mass is 10.0. The molecule has 4 heteroatoms. The molecule has 0 amide bonds. The van der Waals surface area contributed by atoms with Gasteiger partial charge in [0.15, 0.2) is 5.37 Å². The summed E-state index contributed by atoms with van der Waals surface area (Å²) in [7, 11) is 2.27. The molecule has 108 valence electrons. The lowest BCUT2D eigenvalue weighted by Crippen LogP contribution is -3.04. The number of quaternary nitrogens is 2. The average Bonchev–Trinajstić information content (AvgIpc) is 2.91. The Morgan fingerprint density at radius 3 is 2.50 bits per heavy atom. The fourth-order valence-electron chi connectivity index (χ4n) is 2.89. The molecule has 0 bridgehead atoms. The first-order chi connectivity index (χ1) is 9.47. The standard InChI is InChI=1S/C16H22N2S2/c1-10-8-14(17)11(2)12(3)15(10)18(4)16(19-5)13-6-7-20-9-13/h6-9,16H,17H2,1-5H3/p+2. The molecule has 2 rings (SSSR count). The van der Waals surface area contributed by atoms with E-state index in [0.29, 0.717) is 5.37 Å². The molecule has 1 aromatic carbocycles. The second-order valence-electron chi connectivity index (χ2n) is 5.33. The molecule has 4 N–H and O–H groups in total. The molecule has 20 heavy (non-hydrogen) atoms. The molecule has 1 aromatic heterocycles. The Morgan fingerprint density at radius 1 is 1.25 bits per heavy atom. The minimum atomic E-state index is 0.439. The summed E-state index contributed by atoms with van der Waals surface area (Å²) in [6.45, 7) is 6.60. The zero-order chi connectivity index (χ0) is 14.9. The van der Waals surface area contributed by atoms with Crippen LogP contribution >= 0.6 is 23.1 Å². The summed E-state index contributed by atoms with van der Waals surface area (Å²) < 4.78 is 0. The summed E-state index contributed by atoms with van der Waals surface area (Å²) >= 11 is 3.69. The van der Waals surface area contributed by atoms with Crippen LogP contribution in [0.5, 0.6) is 0 Å². The van der Waals surface area contributed by atoms with E-state index in [0.717, 1.165) is 5.69 Å². The van der Waals surface area contributed by atoms with Crippen molar-refractivity contribution in [3.63, 3.8) is 0 Å². The van der Waals surface area contributed by atoms with Gasteiger partial charge in [-0.25, -0.2) is 0 Å². The molecule has 2 aromatic rings. The Hall–Kier alpha value is -0.810. The highest BCUT2D eigenvalue weighted by molar-refractivity contribution is 7.98. The van der Waals surface area contributed by atoms with E-state index < -0.39 is 0 Å². The maximum absolute atomic E-state index is 4.14. The van der Waals surface area contributed by atoms with Crippen LogP contribution in [0.15, 0.2) is 22.9 Å². The number of thiophene rings is 1. The van der Waals surface area contributed by atoms with Crippen molar-refractivity contribution < 1.29 is 10.6 Å². The predicted molar refractivity (Wildman–Crippen MR) is 90.3 cm³/mol. The first-order valence-electron chi connectivity index (χ1n) is 6.78. The van der Waals surface area contributed by atoms with Crippen LogP contribution in [0.2, 0.25) is 0 Å². The highest BCUT2D eigenvalue weighted by Gasteiger charge is 2.26. The summed E-state index contributed by atoms with van der Waals surface area (Å²) in [5.41, 5.74) is 12.1. The number of hydrogen-bond acceptors (Lipinski definition) is 2. The minimum absolute atomic E-state index is 0.439. The second kappa shape index (κ2) is 6.31. The Kier molecular flexibility index (Phi) is 4.91. The van der Waals surface area contributed by atoms with Crippen LogP contribution in [0.3, 0.4) is 0 Å². The fourth-order valence-corrected chi connectivity index (χ4v) is 4.55. The molecule has 0 spiro atoms. The van der Waals surface area contributed by atoms with E-state index in [2.05, 4.69) is 62.7 Å². The highest BCUT2D eigenvalue weighted by atomic mass is 32.2. The zero-order valence-electron chi connectivity index (χ0n) is 12.9. The molecule has 2 nitrogen and oxygen atoms in total. The van der Waals surface area contributed by atoms with Gasteiger partial charge < -0.3 is 5.73 Å². The zero-order valence-corrected chi connectivity index (χ0v) is 14.5. The maximum Gasteiger partial charge on any atom is 0.165 e. The molecule has 0 aliphatic carbocycles. The topological polar surface area (TPSA) is 32.1 Å². The average molecular weight is 309 g/mol. The molecule has 2 unspecified atom stereocenters. The Balaban J connectivity index is 2.48. The van der Waals surface area contributed by atoms with Gasteiger partial charge in [-0.05, 0) is 38.5 Å². The molecule has 0 saturated carbocycles. The molecular formula is C16H24N2S2+2. The van der Waals surface area contributed by atoms with E-state index in [1.165, 1.54) is 32.8 Å². The molecule has 0 aliphatic heterocycles. The van der Waals surface area contributed by atoms with E-state index in [1.54, 1.807) is 11.3 Å². The van der Waals surface area contributed by atoms with E-state index in [-0.39, 0.29) is 0 Å². The number of hydrogen-bond donors (Lipinski definition) is 2. The third-order valence-electron chi connectivity index (χ3n) is 4.07. The Morgan fingerprint density at radius 2 is 1.95 bits per heavy atom. The minimum Gasteiger partial charge on any atom is -0.325 e. The van der Waals surface area contributed by atoms with Crippen LogP contribution < -0.4 is 10.6 Å². The van der Waals surface area contributed by atoms with Crippen LogP contribution in [0.25, 0.3) is 0 Å². The van der Waals surface area contributed by atoms with Crippen molar-refractivity contribution in [3.05, 3.63) is 45.1 Å². The van der Waals surface area contributed by atoms with Gasteiger partial charge in [0.1, 0.15) is 11.4 Å². The summed E-state index contributed by atoms with van der Waals surface area (Å²) in [4.78, 5) is 1.45. The summed E-state index contributed by atoms with van der Waals surface area (Å²) in [6.07, 6.45) is 2.19.